The van der Waals surface area contributed by atoms with Crippen molar-refractivity contribution in [3.8, 4) is 0 Å². The second-order valence-corrected chi connectivity index (χ2v) is 5.20. The molecule has 1 fully saturated rings. The molecule has 1 heteroatoms. The van der Waals surface area contributed by atoms with E-state index in [9.17, 15) is 0 Å². The van der Waals surface area contributed by atoms with Crippen molar-refractivity contribution in [1.82, 2.24) is 4.90 Å². The smallest absolute Gasteiger partial charge is 0.00162 e. The number of rotatable bonds is 5. The zero-order chi connectivity index (χ0) is 12.4. The number of hydrogen-bond donors (Lipinski definition) is 0. The number of hydrogen-bond acceptors (Lipinski definition) is 1. The summed E-state index contributed by atoms with van der Waals surface area (Å²) in [4.78, 5) is 2.58. The quantitative estimate of drug-likeness (QED) is 0.665. The Hall–Kier alpha value is -0.0400. The molecule has 0 bridgehead atoms. The van der Waals surface area contributed by atoms with E-state index in [0.29, 0.717) is 0 Å². The molecule has 16 heavy (non-hydrogen) atoms. The van der Waals surface area contributed by atoms with Gasteiger partial charge >= 0.3 is 0 Å². The molecule has 1 saturated heterocycles. The van der Waals surface area contributed by atoms with Crippen molar-refractivity contribution >= 4 is 0 Å². The van der Waals surface area contributed by atoms with Crippen LogP contribution in [0.5, 0.6) is 0 Å². The standard InChI is InChI=1S/C13H27N.C2H6/c1-4-14-10-8-13(9-11-14)7-5-6-12(2)3;1-2/h12-13H,4-11H2,1-3H3;1-2H3. The van der Waals surface area contributed by atoms with Gasteiger partial charge < -0.3 is 4.90 Å². The Bertz CT molecular complexity index is 134. The second kappa shape index (κ2) is 10.1. The molecule has 0 unspecified atom stereocenters. The average molecular weight is 227 g/mol. The highest BCUT2D eigenvalue weighted by Gasteiger charge is 2.17. The third-order valence-corrected chi connectivity index (χ3v) is 3.55. The van der Waals surface area contributed by atoms with Crippen LogP contribution in [0.3, 0.4) is 0 Å². The zero-order valence-corrected chi connectivity index (χ0v) is 12.3. The van der Waals surface area contributed by atoms with Gasteiger partial charge in [0.05, 0.1) is 0 Å². The molecule has 0 saturated carbocycles. The predicted molar refractivity (Wildman–Crippen MR) is 74.9 cm³/mol. The van der Waals surface area contributed by atoms with E-state index in [1.54, 1.807) is 0 Å². The largest absolute Gasteiger partial charge is 0.304 e. The van der Waals surface area contributed by atoms with Crippen LogP contribution in [0.15, 0.2) is 0 Å². The molecule has 0 aromatic rings. The van der Waals surface area contributed by atoms with Crippen LogP contribution in [0.1, 0.15) is 66.7 Å². The topological polar surface area (TPSA) is 3.24 Å². The maximum atomic E-state index is 2.58. The third kappa shape index (κ3) is 7.27. The second-order valence-electron chi connectivity index (χ2n) is 5.20. The first-order chi connectivity index (χ1) is 7.72. The van der Waals surface area contributed by atoms with Crippen molar-refractivity contribution in [3.63, 3.8) is 0 Å². The Kier molecular flexibility index (Phi) is 10.1. The van der Waals surface area contributed by atoms with Gasteiger partial charge in [0.1, 0.15) is 0 Å². The molecule has 0 spiro atoms. The van der Waals surface area contributed by atoms with Crippen LogP contribution >= 0.6 is 0 Å². The van der Waals surface area contributed by atoms with Crippen LogP contribution in [0.4, 0.5) is 0 Å². The molecule has 0 N–H and O–H groups in total. The van der Waals surface area contributed by atoms with Crippen LogP contribution in [-0.4, -0.2) is 24.5 Å². The highest BCUT2D eigenvalue weighted by atomic mass is 15.1. The molecule has 0 aromatic carbocycles. The molecule has 1 nitrogen and oxygen atoms in total. The van der Waals surface area contributed by atoms with Crippen molar-refractivity contribution < 1.29 is 0 Å². The van der Waals surface area contributed by atoms with E-state index in [0.717, 1.165) is 11.8 Å². The Morgan fingerprint density at radius 3 is 2.12 bits per heavy atom. The maximum absolute atomic E-state index is 2.58. The number of piperidine rings is 1. The molecule has 1 rings (SSSR count). The SMILES string of the molecule is CC.CCN1CCC(CCCC(C)C)CC1. The monoisotopic (exact) mass is 227 g/mol. The fourth-order valence-electron chi connectivity index (χ4n) is 2.41. The lowest BCUT2D eigenvalue weighted by atomic mass is 9.90. The molecule has 1 aliphatic rings. The molecule has 98 valence electrons. The van der Waals surface area contributed by atoms with Crippen molar-refractivity contribution in [3.05, 3.63) is 0 Å². The highest BCUT2D eigenvalue weighted by Crippen LogP contribution is 2.23. The molecule has 0 atom stereocenters. The summed E-state index contributed by atoms with van der Waals surface area (Å²) in [6.45, 7) is 14.9. The number of likely N-dealkylation sites (tertiary alicyclic amines) is 1. The molecule has 0 radical (unpaired) electrons. The van der Waals surface area contributed by atoms with Gasteiger partial charge in [-0.2, -0.15) is 0 Å². The molecule has 0 aliphatic carbocycles. The van der Waals surface area contributed by atoms with E-state index in [-0.39, 0.29) is 0 Å². The van der Waals surface area contributed by atoms with Gasteiger partial charge in [-0.25, -0.2) is 0 Å². The fourth-order valence-corrected chi connectivity index (χ4v) is 2.41. The summed E-state index contributed by atoms with van der Waals surface area (Å²) < 4.78 is 0. The van der Waals surface area contributed by atoms with E-state index >= 15 is 0 Å². The molecular formula is C15H33N. The number of nitrogens with zero attached hydrogens (tertiary/aromatic N) is 1. The van der Waals surface area contributed by atoms with Crippen LogP contribution < -0.4 is 0 Å². The summed E-state index contributed by atoms with van der Waals surface area (Å²) in [5.74, 6) is 1.93. The summed E-state index contributed by atoms with van der Waals surface area (Å²) in [7, 11) is 0. The van der Waals surface area contributed by atoms with Crippen molar-refractivity contribution in [1.29, 1.82) is 0 Å². The summed E-state index contributed by atoms with van der Waals surface area (Å²) >= 11 is 0. The first-order valence-corrected chi connectivity index (χ1v) is 7.44. The fraction of sp³-hybridized carbons (Fsp3) is 1.00. The lowest BCUT2D eigenvalue weighted by molar-refractivity contribution is 0.184. The van der Waals surface area contributed by atoms with E-state index in [4.69, 9.17) is 0 Å². The Morgan fingerprint density at radius 1 is 1.12 bits per heavy atom. The summed E-state index contributed by atoms with van der Waals surface area (Å²) in [6.07, 6.45) is 7.26. The zero-order valence-electron chi connectivity index (χ0n) is 12.3. The van der Waals surface area contributed by atoms with Gasteiger partial charge in [0, 0.05) is 0 Å². The van der Waals surface area contributed by atoms with Crippen LogP contribution in [-0.2, 0) is 0 Å². The van der Waals surface area contributed by atoms with Gasteiger partial charge in [-0.15, -0.1) is 0 Å². The van der Waals surface area contributed by atoms with Gasteiger partial charge in [0.2, 0.25) is 0 Å². The van der Waals surface area contributed by atoms with E-state index < -0.39 is 0 Å². The first kappa shape index (κ1) is 16.0. The van der Waals surface area contributed by atoms with Gasteiger partial charge in [-0.1, -0.05) is 53.9 Å². The summed E-state index contributed by atoms with van der Waals surface area (Å²) in [5, 5.41) is 0. The van der Waals surface area contributed by atoms with Gasteiger partial charge in [-0.3, -0.25) is 0 Å². The van der Waals surface area contributed by atoms with E-state index in [2.05, 4.69) is 25.7 Å². The van der Waals surface area contributed by atoms with E-state index in [1.165, 1.54) is 51.7 Å². The minimum Gasteiger partial charge on any atom is -0.304 e. The normalized spacial score (nSPS) is 18.4. The van der Waals surface area contributed by atoms with Crippen LogP contribution in [0, 0.1) is 11.8 Å². The minimum absolute atomic E-state index is 0.894. The van der Waals surface area contributed by atoms with Crippen molar-refractivity contribution in [2.75, 3.05) is 19.6 Å². The van der Waals surface area contributed by atoms with Crippen LogP contribution in [0.25, 0.3) is 0 Å². The summed E-state index contributed by atoms with van der Waals surface area (Å²) in [6, 6.07) is 0. The van der Waals surface area contributed by atoms with Crippen molar-refractivity contribution in [2.24, 2.45) is 11.8 Å². The Balaban J connectivity index is 0.00000106. The molecule has 1 heterocycles. The minimum atomic E-state index is 0.894. The van der Waals surface area contributed by atoms with Gasteiger partial charge in [-0.05, 0) is 44.3 Å². The van der Waals surface area contributed by atoms with Crippen molar-refractivity contribution in [2.45, 2.75) is 66.7 Å². The highest BCUT2D eigenvalue weighted by molar-refractivity contribution is 4.71. The lowest BCUT2D eigenvalue weighted by Crippen LogP contribution is -2.33. The molecule has 0 amide bonds. The summed E-state index contributed by atoms with van der Waals surface area (Å²) in [5.41, 5.74) is 0. The van der Waals surface area contributed by atoms with E-state index in [1.807, 2.05) is 13.8 Å². The predicted octanol–water partition coefficient (Wildman–Crippen LogP) is 4.57. The van der Waals surface area contributed by atoms with Crippen LogP contribution in [0.2, 0.25) is 0 Å². The molecular weight excluding hydrogens is 194 g/mol. The Morgan fingerprint density at radius 2 is 1.69 bits per heavy atom. The Labute approximate surface area is 104 Å². The van der Waals surface area contributed by atoms with Gasteiger partial charge in [0.15, 0.2) is 0 Å². The third-order valence-electron chi connectivity index (χ3n) is 3.55. The maximum Gasteiger partial charge on any atom is -0.00162 e. The van der Waals surface area contributed by atoms with Gasteiger partial charge in [0.25, 0.3) is 0 Å². The molecule has 1 aliphatic heterocycles. The molecule has 0 aromatic heterocycles. The first-order valence-electron chi connectivity index (χ1n) is 7.44. The average Bonchev–Trinajstić information content (AvgIpc) is 2.32. The lowest BCUT2D eigenvalue weighted by Gasteiger charge is -2.31.